The molecule has 1 N–H and O–H groups in total. The van der Waals surface area contributed by atoms with Gasteiger partial charge < -0.3 is 10.2 Å². The highest BCUT2D eigenvalue weighted by Crippen LogP contribution is 2.36. The van der Waals surface area contributed by atoms with Gasteiger partial charge in [-0.2, -0.15) is 18.2 Å². The summed E-state index contributed by atoms with van der Waals surface area (Å²) in [5.74, 6) is -0.110. The van der Waals surface area contributed by atoms with E-state index in [0.717, 1.165) is 23.9 Å². The van der Waals surface area contributed by atoms with Crippen molar-refractivity contribution in [1.82, 2.24) is 9.97 Å². The van der Waals surface area contributed by atoms with Crippen LogP contribution in [0.2, 0.25) is 0 Å². The molecule has 0 radical (unpaired) electrons. The van der Waals surface area contributed by atoms with Crippen LogP contribution < -0.4 is 10.2 Å². The summed E-state index contributed by atoms with van der Waals surface area (Å²) in [6.07, 6.45) is -2.90. The molecule has 4 nitrogen and oxygen atoms in total. The van der Waals surface area contributed by atoms with Crippen LogP contribution in [-0.2, 0) is 12.6 Å². The molecule has 0 spiro atoms. The number of hydrogen-bond acceptors (Lipinski definition) is 4. The monoisotopic (exact) mass is 372 g/mol. The molecule has 0 saturated carbocycles. The number of para-hydroxylation sites is 1. The molecule has 27 heavy (non-hydrogen) atoms. The first-order valence-corrected chi connectivity index (χ1v) is 8.47. The molecule has 1 heterocycles. The predicted molar refractivity (Wildman–Crippen MR) is 101 cm³/mol. The lowest BCUT2D eigenvalue weighted by molar-refractivity contribution is -0.137. The molecule has 3 aromatic rings. The highest BCUT2D eigenvalue weighted by molar-refractivity contribution is 5.63. The SMILES string of the molecule is CCc1ccc(Nc2nc(N(C)c3ccccc3)ncc2C(F)(F)F)cc1. The maximum absolute atomic E-state index is 13.4. The Kier molecular flexibility index (Phi) is 5.30. The van der Waals surface area contributed by atoms with Gasteiger partial charge in [-0.05, 0) is 36.2 Å². The molecule has 0 aliphatic rings. The smallest absolute Gasteiger partial charge is 0.340 e. The van der Waals surface area contributed by atoms with E-state index in [-0.39, 0.29) is 11.8 Å². The highest BCUT2D eigenvalue weighted by atomic mass is 19.4. The molecular weight excluding hydrogens is 353 g/mol. The fourth-order valence-electron chi connectivity index (χ4n) is 2.56. The number of aryl methyl sites for hydroxylation is 1. The van der Waals surface area contributed by atoms with Gasteiger partial charge in [-0.25, -0.2) is 4.98 Å². The van der Waals surface area contributed by atoms with E-state index in [4.69, 9.17) is 0 Å². The number of halogens is 3. The van der Waals surface area contributed by atoms with Gasteiger partial charge in [0, 0.05) is 24.6 Å². The van der Waals surface area contributed by atoms with Crippen LogP contribution in [0.3, 0.4) is 0 Å². The third-order valence-electron chi connectivity index (χ3n) is 4.15. The van der Waals surface area contributed by atoms with Crippen molar-refractivity contribution in [1.29, 1.82) is 0 Å². The van der Waals surface area contributed by atoms with Crippen LogP contribution in [0.5, 0.6) is 0 Å². The van der Waals surface area contributed by atoms with Gasteiger partial charge in [0.2, 0.25) is 5.95 Å². The first-order valence-electron chi connectivity index (χ1n) is 8.47. The number of alkyl halides is 3. The van der Waals surface area contributed by atoms with E-state index in [9.17, 15) is 13.2 Å². The number of nitrogens with one attached hydrogen (secondary N) is 1. The number of aromatic nitrogens is 2. The number of nitrogens with zero attached hydrogens (tertiary/aromatic N) is 3. The van der Waals surface area contributed by atoms with Gasteiger partial charge >= 0.3 is 6.18 Å². The van der Waals surface area contributed by atoms with E-state index >= 15 is 0 Å². The zero-order chi connectivity index (χ0) is 19.4. The van der Waals surface area contributed by atoms with Gasteiger partial charge in [-0.3, -0.25) is 0 Å². The lowest BCUT2D eigenvalue weighted by Gasteiger charge is -2.20. The summed E-state index contributed by atoms with van der Waals surface area (Å²) in [4.78, 5) is 9.67. The summed E-state index contributed by atoms with van der Waals surface area (Å²) < 4.78 is 40.2. The Morgan fingerprint density at radius 3 is 2.26 bits per heavy atom. The second-order valence-electron chi connectivity index (χ2n) is 6.00. The maximum Gasteiger partial charge on any atom is 0.421 e. The molecule has 0 atom stereocenters. The average molecular weight is 372 g/mol. The summed E-state index contributed by atoms with van der Waals surface area (Å²) in [6, 6.07) is 16.4. The maximum atomic E-state index is 13.4. The molecule has 140 valence electrons. The first kappa shape index (κ1) is 18.7. The molecule has 3 rings (SSSR count). The molecule has 0 unspecified atom stereocenters. The minimum absolute atomic E-state index is 0.168. The van der Waals surface area contributed by atoms with E-state index in [2.05, 4.69) is 15.3 Å². The lowest BCUT2D eigenvalue weighted by Crippen LogP contribution is -2.17. The molecule has 0 fully saturated rings. The Morgan fingerprint density at radius 2 is 1.67 bits per heavy atom. The minimum Gasteiger partial charge on any atom is -0.340 e. The second-order valence-corrected chi connectivity index (χ2v) is 6.00. The van der Waals surface area contributed by atoms with Crippen molar-refractivity contribution >= 4 is 23.1 Å². The number of benzene rings is 2. The van der Waals surface area contributed by atoms with Gasteiger partial charge in [-0.1, -0.05) is 37.3 Å². The van der Waals surface area contributed by atoms with Gasteiger partial charge in [0.25, 0.3) is 0 Å². The summed E-state index contributed by atoms with van der Waals surface area (Å²) in [7, 11) is 1.71. The van der Waals surface area contributed by atoms with Gasteiger partial charge in [0.1, 0.15) is 11.4 Å². The largest absolute Gasteiger partial charge is 0.421 e. The molecule has 0 aliphatic heterocycles. The standard InChI is InChI=1S/C20H19F3N4/c1-3-14-9-11-15(12-10-14)25-18-17(20(21,22)23)13-24-19(26-18)27(2)16-7-5-4-6-8-16/h4-13H,3H2,1-2H3,(H,24,25,26). The van der Waals surface area contributed by atoms with E-state index in [0.29, 0.717) is 5.69 Å². The predicted octanol–water partition coefficient (Wildman–Crippen LogP) is 5.57. The van der Waals surface area contributed by atoms with Crippen molar-refractivity contribution in [3.8, 4) is 0 Å². The van der Waals surface area contributed by atoms with Crippen LogP contribution >= 0.6 is 0 Å². The van der Waals surface area contributed by atoms with Crippen LogP contribution in [0, 0.1) is 0 Å². The number of rotatable bonds is 5. The van der Waals surface area contributed by atoms with Gasteiger partial charge in [-0.15, -0.1) is 0 Å². The van der Waals surface area contributed by atoms with Crippen molar-refractivity contribution in [2.24, 2.45) is 0 Å². The summed E-state index contributed by atoms with van der Waals surface area (Å²) >= 11 is 0. The summed E-state index contributed by atoms with van der Waals surface area (Å²) in [6.45, 7) is 2.01. The third kappa shape index (κ3) is 4.36. The normalized spacial score (nSPS) is 11.3. The van der Waals surface area contributed by atoms with Gasteiger partial charge in [0.05, 0.1) is 0 Å². The van der Waals surface area contributed by atoms with Crippen molar-refractivity contribution in [3.05, 3.63) is 71.9 Å². The second kappa shape index (κ2) is 7.65. The fourth-order valence-corrected chi connectivity index (χ4v) is 2.56. The molecular formula is C20H19F3N4. The van der Waals surface area contributed by atoms with Crippen molar-refractivity contribution in [2.45, 2.75) is 19.5 Å². The van der Waals surface area contributed by atoms with Crippen LogP contribution in [0.4, 0.5) is 36.3 Å². The topological polar surface area (TPSA) is 41.1 Å². The quantitative estimate of drug-likeness (QED) is 0.636. The van der Waals surface area contributed by atoms with Crippen LogP contribution in [0.1, 0.15) is 18.1 Å². The van der Waals surface area contributed by atoms with Crippen LogP contribution in [0.25, 0.3) is 0 Å². The summed E-state index contributed by atoms with van der Waals surface area (Å²) in [5.41, 5.74) is 1.50. The van der Waals surface area contributed by atoms with E-state index < -0.39 is 11.7 Å². The Bertz CT molecular complexity index is 893. The molecule has 2 aromatic carbocycles. The first-order chi connectivity index (χ1) is 12.9. The van der Waals surface area contributed by atoms with Crippen molar-refractivity contribution in [2.75, 3.05) is 17.3 Å². The molecule has 0 amide bonds. The Labute approximate surface area is 155 Å². The molecule has 0 aliphatic carbocycles. The number of anilines is 4. The minimum atomic E-state index is -4.56. The molecule has 7 heteroatoms. The zero-order valence-electron chi connectivity index (χ0n) is 15.0. The number of hydrogen-bond donors (Lipinski definition) is 1. The van der Waals surface area contributed by atoms with Crippen LogP contribution in [-0.4, -0.2) is 17.0 Å². The van der Waals surface area contributed by atoms with Crippen molar-refractivity contribution in [3.63, 3.8) is 0 Å². The third-order valence-corrected chi connectivity index (χ3v) is 4.15. The zero-order valence-corrected chi connectivity index (χ0v) is 15.0. The molecule has 0 bridgehead atoms. The van der Waals surface area contributed by atoms with Crippen LogP contribution in [0.15, 0.2) is 60.8 Å². The van der Waals surface area contributed by atoms with Gasteiger partial charge in [0.15, 0.2) is 0 Å². The van der Waals surface area contributed by atoms with E-state index in [1.54, 1.807) is 24.1 Å². The Hall–Kier alpha value is -3.09. The fraction of sp³-hybridized carbons (Fsp3) is 0.200. The Balaban J connectivity index is 1.98. The molecule has 0 saturated heterocycles. The average Bonchev–Trinajstić information content (AvgIpc) is 2.68. The van der Waals surface area contributed by atoms with E-state index in [1.807, 2.05) is 49.4 Å². The Morgan fingerprint density at radius 1 is 1.00 bits per heavy atom. The van der Waals surface area contributed by atoms with E-state index in [1.165, 1.54) is 0 Å². The molecule has 1 aromatic heterocycles. The lowest BCUT2D eigenvalue weighted by atomic mass is 10.1. The van der Waals surface area contributed by atoms with Crippen molar-refractivity contribution < 1.29 is 13.2 Å². The summed E-state index contributed by atoms with van der Waals surface area (Å²) in [5, 5.41) is 2.78. The highest BCUT2D eigenvalue weighted by Gasteiger charge is 2.35.